The SMILES string of the molecule is CN(C)c1nccnc1C1CN(C(=O)CCc2cccs2)CCO1. The number of aryl methyl sites for hydroxylation is 1. The zero-order valence-corrected chi connectivity index (χ0v) is 14.8. The number of anilines is 1. The highest BCUT2D eigenvalue weighted by Crippen LogP contribution is 2.27. The van der Waals surface area contributed by atoms with Crippen molar-refractivity contribution >= 4 is 23.1 Å². The van der Waals surface area contributed by atoms with E-state index < -0.39 is 0 Å². The van der Waals surface area contributed by atoms with E-state index in [9.17, 15) is 4.79 Å². The molecule has 2 aromatic heterocycles. The Kier molecular flexibility index (Phi) is 5.42. The Morgan fingerprint density at radius 1 is 1.42 bits per heavy atom. The Balaban J connectivity index is 1.65. The summed E-state index contributed by atoms with van der Waals surface area (Å²) in [5.74, 6) is 0.961. The van der Waals surface area contributed by atoms with Gasteiger partial charge in [0, 0.05) is 44.3 Å². The molecule has 0 saturated carbocycles. The van der Waals surface area contributed by atoms with Gasteiger partial charge in [-0.25, -0.2) is 4.98 Å². The number of carbonyl (C=O) groups is 1. The maximum atomic E-state index is 12.5. The number of hydrogen-bond acceptors (Lipinski definition) is 6. The van der Waals surface area contributed by atoms with Gasteiger partial charge >= 0.3 is 0 Å². The summed E-state index contributed by atoms with van der Waals surface area (Å²) in [6, 6.07) is 4.09. The van der Waals surface area contributed by atoms with E-state index in [1.807, 2.05) is 35.3 Å². The molecule has 0 N–H and O–H groups in total. The summed E-state index contributed by atoms with van der Waals surface area (Å²) >= 11 is 1.69. The van der Waals surface area contributed by atoms with Gasteiger partial charge in [0.15, 0.2) is 5.82 Å². The first-order valence-electron chi connectivity index (χ1n) is 8.05. The molecule has 3 rings (SSSR count). The third-order valence-corrected chi connectivity index (χ3v) is 4.96. The van der Waals surface area contributed by atoms with Crippen LogP contribution in [0.2, 0.25) is 0 Å². The summed E-state index contributed by atoms with van der Waals surface area (Å²) in [7, 11) is 3.86. The minimum Gasteiger partial charge on any atom is -0.368 e. The van der Waals surface area contributed by atoms with Gasteiger partial charge in [0.05, 0.1) is 13.2 Å². The van der Waals surface area contributed by atoms with E-state index in [0.717, 1.165) is 17.9 Å². The van der Waals surface area contributed by atoms with Gasteiger partial charge < -0.3 is 14.5 Å². The Bertz CT molecular complexity index is 675. The van der Waals surface area contributed by atoms with Crippen molar-refractivity contribution in [2.45, 2.75) is 18.9 Å². The summed E-state index contributed by atoms with van der Waals surface area (Å²) in [6.45, 7) is 1.69. The average molecular weight is 346 g/mol. The summed E-state index contributed by atoms with van der Waals surface area (Å²) in [4.78, 5) is 26.4. The lowest BCUT2D eigenvalue weighted by molar-refractivity contribution is -0.139. The third-order valence-electron chi connectivity index (χ3n) is 4.02. The second-order valence-corrected chi connectivity index (χ2v) is 6.97. The number of aromatic nitrogens is 2. The third kappa shape index (κ3) is 3.91. The minimum absolute atomic E-state index is 0.173. The standard InChI is InChI=1S/C17H22N4O2S/c1-20(2)17-16(18-7-8-19-17)14-12-21(9-10-23-14)15(22)6-5-13-4-3-11-24-13/h3-4,7-8,11,14H,5-6,9-10,12H2,1-2H3. The van der Waals surface area contributed by atoms with Crippen molar-refractivity contribution in [1.29, 1.82) is 0 Å². The number of amides is 1. The Labute approximate surface area is 146 Å². The summed E-state index contributed by atoms with van der Waals surface area (Å²) in [5, 5.41) is 2.04. The van der Waals surface area contributed by atoms with Crippen molar-refractivity contribution in [2.24, 2.45) is 0 Å². The van der Waals surface area contributed by atoms with Crippen LogP contribution < -0.4 is 4.90 Å². The molecule has 1 aliphatic heterocycles. The number of morpholine rings is 1. The van der Waals surface area contributed by atoms with Gasteiger partial charge in [0.2, 0.25) is 5.91 Å². The van der Waals surface area contributed by atoms with Crippen molar-refractivity contribution in [3.63, 3.8) is 0 Å². The number of rotatable bonds is 5. The lowest BCUT2D eigenvalue weighted by Crippen LogP contribution is -2.42. The summed E-state index contributed by atoms with van der Waals surface area (Å²) in [5.41, 5.74) is 0.790. The first-order valence-corrected chi connectivity index (χ1v) is 8.93. The zero-order chi connectivity index (χ0) is 16.9. The maximum absolute atomic E-state index is 12.5. The molecule has 1 atom stereocenters. The van der Waals surface area contributed by atoms with E-state index in [2.05, 4.69) is 16.0 Å². The number of carbonyl (C=O) groups excluding carboxylic acids is 1. The second-order valence-electron chi connectivity index (χ2n) is 5.94. The fraction of sp³-hybridized carbons (Fsp3) is 0.471. The molecular weight excluding hydrogens is 324 g/mol. The van der Waals surface area contributed by atoms with Gasteiger partial charge in [-0.3, -0.25) is 9.78 Å². The predicted octanol–water partition coefficient (Wildman–Crippen LogP) is 2.14. The number of hydrogen-bond donors (Lipinski definition) is 0. The van der Waals surface area contributed by atoms with Crippen molar-refractivity contribution in [2.75, 3.05) is 38.7 Å². The monoisotopic (exact) mass is 346 g/mol. The van der Waals surface area contributed by atoms with E-state index in [4.69, 9.17) is 4.74 Å². The number of ether oxygens (including phenoxy) is 1. The molecule has 0 spiro atoms. The Morgan fingerprint density at radius 3 is 3.00 bits per heavy atom. The lowest BCUT2D eigenvalue weighted by atomic mass is 10.1. The highest BCUT2D eigenvalue weighted by atomic mass is 32.1. The van der Waals surface area contributed by atoms with Gasteiger partial charge in [0.1, 0.15) is 11.8 Å². The molecule has 1 unspecified atom stereocenters. The van der Waals surface area contributed by atoms with Crippen molar-refractivity contribution in [3.8, 4) is 0 Å². The molecule has 1 fully saturated rings. The topological polar surface area (TPSA) is 58.6 Å². The van der Waals surface area contributed by atoms with E-state index in [-0.39, 0.29) is 12.0 Å². The molecule has 3 heterocycles. The van der Waals surface area contributed by atoms with Gasteiger partial charge in [-0.2, -0.15) is 0 Å². The molecule has 128 valence electrons. The molecule has 0 bridgehead atoms. The predicted molar refractivity (Wildman–Crippen MR) is 94.3 cm³/mol. The van der Waals surface area contributed by atoms with E-state index in [0.29, 0.717) is 26.1 Å². The molecule has 1 amide bonds. The fourth-order valence-corrected chi connectivity index (χ4v) is 3.51. The zero-order valence-electron chi connectivity index (χ0n) is 14.0. The average Bonchev–Trinajstić information content (AvgIpc) is 3.13. The van der Waals surface area contributed by atoms with Crippen LogP contribution in [0.1, 0.15) is 23.1 Å². The number of nitrogens with zero attached hydrogens (tertiary/aromatic N) is 4. The molecule has 1 saturated heterocycles. The second kappa shape index (κ2) is 7.72. The van der Waals surface area contributed by atoms with Crippen LogP contribution in [0.4, 0.5) is 5.82 Å². The Hall–Kier alpha value is -1.99. The van der Waals surface area contributed by atoms with Crippen molar-refractivity contribution < 1.29 is 9.53 Å². The first-order chi connectivity index (χ1) is 11.6. The first kappa shape index (κ1) is 16.9. The molecule has 24 heavy (non-hydrogen) atoms. The van der Waals surface area contributed by atoms with Crippen LogP contribution in [0.15, 0.2) is 29.9 Å². The van der Waals surface area contributed by atoms with E-state index in [1.165, 1.54) is 4.88 Å². The van der Waals surface area contributed by atoms with Gasteiger partial charge in [-0.15, -0.1) is 11.3 Å². The van der Waals surface area contributed by atoms with E-state index in [1.54, 1.807) is 23.7 Å². The molecule has 0 aromatic carbocycles. The normalized spacial score (nSPS) is 17.8. The molecule has 6 nitrogen and oxygen atoms in total. The number of thiophene rings is 1. The van der Waals surface area contributed by atoms with Gasteiger partial charge in [0.25, 0.3) is 0 Å². The fourth-order valence-electron chi connectivity index (χ4n) is 2.80. The summed E-state index contributed by atoms with van der Waals surface area (Å²) in [6.07, 6.45) is 4.45. The molecule has 2 aromatic rings. The minimum atomic E-state index is -0.226. The molecule has 7 heteroatoms. The van der Waals surface area contributed by atoms with Gasteiger partial charge in [-0.1, -0.05) is 6.07 Å². The van der Waals surface area contributed by atoms with Crippen molar-refractivity contribution in [1.82, 2.24) is 14.9 Å². The van der Waals surface area contributed by atoms with Crippen LogP contribution in [0.5, 0.6) is 0 Å². The highest BCUT2D eigenvalue weighted by molar-refractivity contribution is 7.09. The van der Waals surface area contributed by atoms with Crippen LogP contribution in [0.25, 0.3) is 0 Å². The smallest absolute Gasteiger partial charge is 0.223 e. The van der Waals surface area contributed by atoms with E-state index >= 15 is 0 Å². The molecule has 0 radical (unpaired) electrons. The van der Waals surface area contributed by atoms with Crippen LogP contribution in [0.3, 0.4) is 0 Å². The van der Waals surface area contributed by atoms with Crippen LogP contribution >= 0.6 is 11.3 Å². The maximum Gasteiger partial charge on any atom is 0.223 e. The van der Waals surface area contributed by atoms with Crippen molar-refractivity contribution in [3.05, 3.63) is 40.5 Å². The lowest BCUT2D eigenvalue weighted by Gasteiger charge is -2.33. The largest absolute Gasteiger partial charge is 0.368 e. The van der Waals surface area contributed by atoms with Crippen LogP contribution in [-0.2, 0) is 16.0 Å². The van der Waals surface area contributed by atoms with Gasteiger partial charge in [-0.05, 0) is 17.9 Å². The highest BCUT2D eigenvalue weighted by Gasteiger charge is 2.28. The molecule has 0 aliphatic carbocycles. The summed E-state index contributed by atoms with van der Waals surface area (Å²) < 4.78 is 5.86. The Morgan fingerprint density at radius 2 is 2.25 bits per heavy atom. The molecular formula is C17H22N4O2S. The quantitative estimate of drug-likeness (QED) is 0.830. The van der Waals surface area contributed by atoms with Crippen LogP contribution in [0, 0.1) is 0 Å². The van der Waals surface area contributed by atoms with Crippen LogP contribution in [-0.4, -0.2) is 54.6 Å². The molecule has 1 aliphatic rings.